The summed E-state index contributed by atoms with van der Waals surface area (Å²) >= 11 is 1.27. The van der Waals surface area contributed by atoms with Gasteiger partial charge >= 0.3 is 0 Å². The molecule has 1 aromatic carbocycles. The lowest BCUT2D eigenvalue weighted by Gasteiger charge is -2.28. The zero-order valence-corrected chi connectivity index (χ0v) is 23.1. The number of carbonyl (C=O) groups excluding carboxylic acids is 2. The molecule has 9 heteroatoms. The lowest BCUT2D eigenvalue weighted by atomic mass is 9.94. The fourth-order valence-corrected chi connectivity index (χ4v) is 5.00. The van der Waals surface area contributed by atoms with Crippen molar-refractivity contribution < 1.29 is 24.2 Å². The SMILES string of the molecule is CCOc1cc(C2C(C(=O)c3sc(C)nc3C)=C(O)C(=O)N2CCN(C)C)ccc1OCCC(C)C. The van der Waals surface area contributed by atoms with Gasteiger partial charge in [0.25, 0.3) is 5.91 Å². The maximum atomic E-state index is 13.7. The molecule has 0 radical (unpaired) electrons. The highest BCUT2D eigenvalue weighted by Gasteiger charge is 2.44. The standard InChI is InChI=1S/C27H37N3O5S/c1-8-34-21-15-19(9-10-20(21)35-14-11-16(2)3)23-22(24(31)26-17(4)28-18(5)36-26)25(32)27(33)30(23)13-12-29(6)7/h9-10,15-16,23,32H,8,11-14H2,1-7H3. The van der Waals surface area contributed by atoms with Gasteiger partial charge in [-0.3, -0.25) is 9.59 Å². The van der Waals surface area contributed by atoms with E-state index in [-0.39, 0.29) is 11.4 Å². The molecule has 0 bridgehead atoms. The molecule has 1 amide bonds. The van der Waals surface area contributed by atoms with Gasteiger partial charge < -0.3 is 24.4 Å². The molecule has 3 rings (SSSR count). The van der Waals surface area contributed by atoms with Crippen LogP contribution in [0.25, 0.3) is 0 Å². The molecule has 8 nitrogen and oxygen atoms in total. The Morgan fingerprint density at radius 2 is 1.94 bits per heavy atom. The Labute approximate surface area is 217 Å². The Morgan fingerprint density at radius 3 is 2.53 bits per heavy atom. The molecule has 36 heavy (non-hydrogen) atoms. The third-order valence-corrected chi connectivity index (χ3v) is 7.05. The fraction of sp³-hybridized carbons (Fsp3) is 0.519. The molecular weight excluding hydrogens is 478 g/mol. The van der Waals surface area contributed by atoms with Gasteiger partial charge in [-0.25, -0.2) is 4.98 Å². The van der Waals surface area contributed by atoms with Gasteiger partial charge in [0, 0.05) is 13.1 Å². The van der Waals surface area contributed by atoms with Crippen molar-refractivity contribution in [3.05, 3.63) is 50.7 Å². The van der Waals surface area contributed by atoms with Crippen LogP contribution in [-0.4, -0.2) is 72.0 Å². The van der Waals surface area contributed by atoms with E-state index < -0.39 is 17.7 Å². The van der Waals surface area contributed by atoms with Crippen LogP contribution in [0.15, 0.2) is 29.5 Å². The van der Waals surface area contributed by atoms with Crippen molar-refractivity contribution >= 4 is 23.0 Å². The van der Waals surface area contributed by atoms with Gasteiger partial charge in [-0.1, -0.05) is 19.9 Å². The summed E-state index contributed by atoms with van der Waals surface area (Å²) in [4.78, 5) is 35.2. The van der Waals surface area contributed by atoms with Crippen LogP contribution in [0.5, 0.6) is 11.5 Å². The summed E-state index contributed by atoms with van der Waals surface area (Å²) < 4.78 is 11.9. The summed E-state index contributed by atoms with van der Waals surface area (Å²) in [5.74, 6) is 0.220. The van der Waals surface area contributed by atoms with Crippen molar-refractivity contribution in [3.63, 3.8) is 0 Å². The number of nitrogens with zero attached hydrogens (tertiary/aromatic N) is 3. The number of aromatic nitrogens is 1. The number of amides is 1. The first-order chi connectivity index (χ1) is 17.0. The Hall–Kier alpha value is -2.91. The summed E-state index contributed by atoms with van der Waals surface area (Å²) in [5, 5.41) is 11.7. The van der Waals surface area contributed by atoms with Crippen LogP contribution in [0.4, 0.5) is 0 Å². The zero-order valence-electron chi connectivity index (χ0n) is 22.3. The van der Waals surface area contributed by atoms with Crippen LogP contribution < -0.4 is 9.47 Å². The number of ether oxygens (including phenoxy) is 2. The van der Waals surface area contributed by atoms with E-state index in [1.165, 1.54) is 11.3 Å². The minimum absolute atomic E-state index is 0.0708. The number of hydrogen-bond acceptors (Lipinski definition) is 8. The number of benzene rings is 1. The monoisotopic (exact) mass is 515 g/mol. The molecule has 0 fully saturated rings. The normalized spacial score (nSPS) is 16.0. The number of likely N-dealkylation sites (N-methyl/N-ethyl adjacent to an activating group) is 1. The molecule has 1 aliphatic rings. The number of rotatable bonds is 12. The van der Waals surface area contributed by atoms with Gasteiger partial charge in [0.05, 0.1) is 40.4 Å². The van der Waals surface area contributed by atoms with E-state index in [4.69, 9.17) is 9.47 Å². The summed E-state index contributed by atoms with van der Waals surface area (Å²) in [6.45, 7) is 11.7. The van der Waals surface area contributed by atoms with Crippen molar-refractivity contribution in [1.29, 1.82) is 0 Å². The van der Waals surface area contributed by atoms with Gasteiger partial charge in [-0.15, -0.1) is 11.3 Å². The predicted octanol–water partition coefficient (Wildman–Crippen LogP) is 4.72. The molecule has 1 aromatic heterocycles. The first-order valence-corrected chi connectivity index (χ1v) is 13.1. The van der Waals surface area contributed by atoms with Crippen molar-refractivity contribution in [2.24, 2.45) is 5.92 Å². The van der Waals surface area contributed by atoms with E-state index in [1.807, 2.05) is 51.0 Å². The van der Waals surface area contributed by atoms with Crippen molar-refractivity contribution in [2.45, 2.75) is 47.1 Å². The molecule has 0 aliphatic carbocycles. The van der Waals surface area contributed by atoms with E-state index in [2.05, 4.69) is 18.8 Å². The van der Waals surface area contributed by atoms with Crippen LogP contribution in [-0.2, 0) is 4.79 Å². The van der Waals surface area contributed by atoms with Gasteiger partial charge in [0.15, 0.2) is 17.3 Å². The highest BCUT2D eigenvalue weighted by Crippen LogP contribution is 2.42. The lowest BCUT2D eigenvalue weighted by Crippen LogP contribution is -2.36. The maximum Gasteiger partial charge on any atom is 0.290 e. The number of carbonyl (C=O) groups is 2. The molecule has 196 valence electrons. The van der Waals surface area contributed by atoms with Crippen LogP contribution in [0.1, 0.15) is 59.2 Å². The number of Topliss-reactive ketones (excluding diaryl/α,β-unsaturated/α-hetero) is 1. The van der Waals surface area contributed by atoms with Crippen LogP contribution in [0.2, 0.25) is 0 Å². The molecule has 1 aliphatic heterocycles. The second kappa shape index (κ2) is 11.9. The predicted molar refractivity (Wildman–Crippen MR) is 141 cm³/mol. The number of aliphatic hydroxyl groups excluding tert-OH is 1. The Morgan fingerprint density at radius 1 is 1.22 bits per heavy atom. The molecular formula is C27H37N3O5S. The van der Waals surface area contributed by atoms with Crippen molar-refractivity contribution in [2.75, 3.05) is 40.4 Å². The molecule has 1 unspecified atom stereocenters. The number of aryl methyl sites for hydroxylation is 2. The number of ketones is 1. The van der Waals surface area contributed by atoms with Gasteiger partial charge in [0.1, 0.15) is 0 Å². The Kier molecular flexibility index (Phi) is 9.13. The smallest absolute Gasteiger partial charge is 0.290 e. The molecule has 2 aromatic rings. The third kappa shape index (κ3) is 6.07. The highest BCUT2D eigenvalue weighted by atomic mass is 32.1. The second-order valence-corrected chi connectivity index (χ2v) is 10.8. The maximum absolute atomic E-state index is 13.7. The van der Waals surface area contributed by atoms with E-state index in [0.717, 1.165) is 11.4 Å². The minimum atomic E-state index is -0.754. The molecule has 1 N–H and O–H groups in total. The molecule has 0 saturated heterocycles. The molecule has 0 saturated carbocycles. The van der Waals surface area contributed by atoms with E-state index in [1.54, 1.807) is 11.8 Å². The van der Waals surface area contributed by atoms with Crippen LogP contribution in [0.3, 0.4) is 0 Å². The summed E-state index contributed by atoms with van der Waals surface area (Å²) in [5.41, 5.74) is 1.33. The number of thiazole rings is 1. The van der Waals surface area contributed by atoms with Crippen LogP contribution >= 0.6 is 11.3 Å². The van der Waals surface area contributed by atoms with Crippen LogP contribution in [0, 0.1) is 19.8 Å². The number of aliphatic hydroxyl groups is 1. The molecule has 2 heterocycles. The van der Waals surface area contributed by atoms with E-state index in [0.29, 0.717) is 59.9 Å². The average molecular weight is 516 g/mol. The minimum Gasteiger partial charge on any atom is -0.503 e. The van der Waals surface area contributed by atoms with Crippen molar-refractivity contribution in [3.8, 4) is 11.5 Å². The van der Waals surface area contributed by atoms with Crippen molar-refractivity contribution in [1.82, 2.24) is 14.8 Å². The van der Waals surface area contributed by atoms with Gasteiger partial charge in [-0.05, 0) is 64.9 Å². The first kappa shape index (κ1) is 27.7. The topological polar surface area (TPSA) is 92.2 Å². The Bertz CT molecular complexity index is 1140. The summed E-state index contributed by atoms with van der Waals surface area (Å²) in [6, 6.07) is 4.71. The lowest BCUT2D eigenvalue weighted by molar-refractivity contribution is -0.129. The summed E-state index contributed by atoms with van der Waals surface area (Å²) in [6.07, 6.45) is 0.908. The Balaban J connectivity index is 2.06. The fourth-order valence-electron chi connectivity index (χ4n) is 4.12. The zero-order chi connectivity index (χ0) is 26.6. The average Bonchev–Trinajstić information content (AvgIpc) is 3.28. The molecule has 0 spiro atoms. The highest BCUT2D eigenvalue weighted by molar-refractivity contribution is 7.14. The van der Waals surface area contributed by atoms with Gasteiger partial charge in [0.2, 0.25) is 5.78 Å². The van der Waals surface area contributed by atoms with Gasteiger partial charge in [-0.2, -0.15) is 0 Å². The molecule has 1 atom stereocenters. The second-order valence-electron chi connectivity index (χ2n) is 9.61. The third-order valence-electron chi connectivity index (χ3n) is 5.98. The van der Waals surface area contributed by atoms with E-state index in [9.17, 15) is 14.7 Å². The van der Waals surface area contributed by atoms with E-state index >= 15 is 0 Å². The summed E-state index contributed by atoms with van der Waals surface area (Å²) in [7, 11) is 3.82. The number of hydrogen-bond donors (Lipinski definition) is 1. The largest absolute Gasteiger partial charge is 0.503 e. The first-order valence-electron chi connectivity index (χ1n) is 12.3. The quantitative estimate of drug-likeness (QED) is 0.409.